The molecule has 2 aromatic carbocycles. The SMILES string of the molecule is COc1ccc2c(c1)c(C(=O)C(=O)Nc1ccnc(C#N)c1)c(C)n2Cc1ccc(Cl)cc1. The van der Waals surface area contributed by atoms with Crippen LogP contribution in [0.4, 0.5) is 5.69 Å². The summed E-state index contributed by atoms with van der Waals surface area (Å²) in [5, 5.41) is 12.8. The Morgan fingerprint density at radius 3 is 2.61 bits per heavy atom. The van der Waals surface area contributed by atoms with E-state index >= 15 is 0 Å². The van der Waals surface area contributed by atoms with E-state index in [0.717, 1.165) is 11.1 Å². The second kappa shape index (κ2) is 9.15. The van der Waals surface area contributed by atoms with Crippen LogP contribution in [-0.2, 0) is 11.3 Å². The van der Waals surface area contributed by atoms with Crippen molar-refractivity contribution in [3.8, 4) is 11.8 Å². The highest BCUT2D eigenvalue weighted by molar-refractivity contribution is 6.48. The van der Waals surface area contributed by atoms with Crippen LogP contribution in [0.15, 0.2) is 60.8 Å². The summed E-state index contributed by atoms with van der Waals surface area (Å²) in [4.78, 5) is 30.0. The molecule has 0 bridgehead atoms. The van der Waals surface area contributed by atoms with E-state index in [4.69, 9.17) is 21.6 Å². The molecule has 0 atom stereocenters. The zero-order valence-electron chi connectivity index (χ0n) is 17.9. The third-order valence-corrected chi connectivity index (χ3v) is 5.60. The minimum absolute atomic E-state index is 0.140. The standard InChI is InChI=1S/C25H19ClN4O3/c1-15-23(24(31)25(32)29-18-9-10-28-19(11-18)13-27)21-12-20(33-2)7-8-22(21)30(15)14-16-3-5-17(26)6-4-16/h3-12H,14H2,1-2H3,(H,28,29,32). The highest BCUT2D eigenvalue weighted by atomic mass is 35.5. The largest absolute Gasteiger partial charge is 0.497 e. The molecule has 7 nitrogen and oxygen atoms in total. The lowest BCUT2D eigenvalue weighted by Crippen LogP contribution is -2.23. The van der Waals surface area contributed by atoms with E-state index in [0.29, 0.717) is 39.6 Å². The van der Waals surface area contributed by atoms with Gasteiger partial charge in [-0.3, -0.25) is 9.59 Å². The molecule has 0 aliphatic heterocycles. The van der Waals surface area contributed by atoms with Gasteiger partial charge in [-0.15, -0.1) is 0 Å². The molecule has 0 radical (unpaired) electrons. The number of nitrogens with zero attached hydrogens (tertiary/aromatic N) is 3. The predicted octanol–water partition coefficient (Wildman–Crippen LogP) is 4.75. The smallest absolute Gasteiger partial charge is 0.296 e. The molecular formula is C25H19ClN4O3. The highest BCUT2D eigenvalue weighted by Gasteiger charge is 2.26. The number of benzene rings is 2. The Kier molecular flexibility index (Phi) is 6.11. The van der Waals surface area contributed by atoms with Crippen LogP contribution in [0.2, 0.25) is 5.02 Å². The Morgan fingerprint density at radius 2 is 1.91 bits per heavy atom. The summed E-state index contributed by atoms with van der Waals surface area (Å²) in [5.74, 6) is -0.911. The van der Waals surface area contributed by atoms with Gasteiger partial charge in [0.25, 0.3) is 11.7 Å². The second-order valence-corrected chi connectivity index (χ2v) is 7.82. The molecule has 164 valence electrons. The van der Waals surface area contributed by atoms with Gasteiger partial charge in [0.2, 0.25) is 0 Å². The molecule has 0 saturated carbocycles. The summed E-state index contributed by atoms with van der Waals surface area (Å²) in [6.45, 7) is 2.31. The molecule has 2 aromatic heterocycles. The number of pyridine rings is 1. The van der Waals surface area contributed by atoms with Crippen molar-refractivity contribution < 1.29 is 14.3 Å². The summed E-state index contributed by atoms with van der Waals surface area (Å²) in [6, 6.07) is 17.7. The average molecular weight is 459 g/mol. The van der Waals surface area contributed by atoms with Crippen molar-refractivity contribution in [1.29, 1.82) is 5.26 Å². The Morgan fingerprint density at radius 1 is 1.15 bits per heavy atom. The van der Waals surface area contributed by atoms with Crippen LogP contribution in [0.1, 0.15) is 27.3 Å². The topological polar surface area (TPSA) is 97.0 Å². The van der Waals surface area contributed by atoms with E-state index in [2.05, 4.69) is 10.3 Å². The summed E-state index contributed by atoms with van der Waals surface area (Å²) in [6.07, 6.45) is 1.40. The third-order valence-electron chi connectivity index (χ3n) is 5.35. The number of fused-ring (bicyclic) bond motifs is 1. The van der Waals surface area contributed by atoms with Crippen molar-refractivity contribution in [1.82, 2.24) is 9.55 Å². The lowest BCUT2D eigenvalue weighted by atomic mass is 10.1. The number of hydrogen-bond acceptors (Lipinski definition) is 5. The molecule has 0 saturated heterocycles. The summed E-state index contributed by atoms with van der Waals surface area (Å²) in [7, 11) is 1.54. The quantitative estimate of drug-likeness (QED) is 0.332. The van der Waals surface area contributed by atoms with Gasteiger partial charge in [0.15, 0.2) is 0 Å². The number of methoxy groups -OCH3 is 1. The van der Waals surface area contributed by atoms with Crippen LogP contribution in [0.25, 0.3) is 10.9 Å². The zero-order valence-corrected chi connectivity index (χ0v) is 18.7. The number of hydrogen-bond donors (Lipinski definition) is 1. The van der Waals surface area contributed by atoms with Gasteiger partial charge in [0, 0.05) is 40.0 Å². The molecular weight excluding hydrogens is 440 g/mol. The number of carbonyl (C=O) groups excluding carboxylic acids is 2. The molecule has 1 amide bonds. The Balaban J connectivity index is 1.76. The molecule has 2 heterocycles. The van der Waals surface area contributed by atoms with Gasteiger partial charge in [0.05, 0.1) is 12.7 Å². The van der Waals surface area contributed by atoms with Gasteiger partial charge in [-0.2, -0.15) is 5.26 Å². The molecule has 0 aliphatic carbocycles. The second-order valence-electron chi connectivity index (χ2n) is 7.38. The molecule has 0 unspecified atom stereocenters. The minimum atomic E-state index is -0.804. The summed E-state index contributed by atoms with van der Waals surface area (Å²) >= 11 is 6.01. The normalized spacial score (nSPS) is 10.6. The predicted molar refractivity (Wildman–Crippen MR) is 126 cm³/mol. The zero-order chi connectivity index (χ0) is 23.5. The van der Waals surface area contributed by atoms with Gasteiger partial charge in [0.1, 0.15) is 17.5 Å². The first-order valence-electron chi connectivity index (χ1n) is 10.0. The fraction of sp³-hybridized carbons (Fsp3) is 0.120. The lowest BCUT2D eigenvalue weighted by molar-refractivity contribution is -0.112. The first-order valence-corrected chi connectivity index (χ1v) is 10.4. The number of Topliss-reactive ketones (excluding diaryl/α,β-unsaturated/α-hetero) is 1. The fourth-order valence-corrected chi connectivity index (χ4v) is 3.85. The first kappa shape index (κ1) is 22.1. The maximum atomic E-state index is 13.3. The van der Waals surface area contributed by atoms with E-state index in [9.17, 15) is 9.59 Å². The molecule has 0 aliphatic rings. The van der Waals surface area contributed by atoms with Crippen molar-refractivity contribution in [3.05, 3.63) is 88.3 Å². The highest BCUT2D eigenvalue weighted by Crippen LogP contribution is 2.31. The number of carbonyl (C=O) groups is 2. The number of nitriles is 1. The molecule has 0 spiro atoms. The minimum Gasteiger partial charge on any atom is -0.497 e. The number of amides is 1. The van der Waals surface area contributed by atoms with Crippen LogP contribution in [0, 0.1) is 18.3 Å². The molecule has 1 N–H and O–H groups in total. The summed E-state index contributed by atoms with van der Waals surface area (Å²) < 4.78 is 7.33. The fourth-order valence-electron chi connectivity index (χ4n) is 3.72. The number of nitrogens with one attached hydrogen (secondary N) is 1. The van der Waals surface area contributed by atoms with Crippen molar-refractivity contribution in [2.24, 2.45) is 0 Å². The van der Waals surface area contributed by atoms with Crippen LogP contribution < -0.4 is 10.1 Å². The van der Waals surface area contributed by atoms with E-state index < -0.39 is 11.7 Å². The van der Waals surface area contributed by atoms with Crippen molar-refractivity contribution in [2.45, 2.75) is 13.5 Å². The number of rotatable bonds is 6. The molecule has 0 fully saturated rings. The van der Waals surface area contributed by atoms with Crippen LogP contribution in [0.5, 0.6) is 5.75 Å². The van der Waals surface area contributed by atoms with Gasteiger partial charge >= 0.3 is 0 Å². The monoisotopic (exact) mass is 458 g/mol. The van der Waals surface area contributed by atoms with Gasteiger partial charge in [-0.25, -0.2) is 4.98 Å². The van der Waals surface area contributed by atoms with Crippen LogP contribution in [-0.4, -0.2) is 28.4 Å². The number of ketones is 1. The Hall–Kier alpha value is -4.15. The maximum absolute atomic E-state index is 13.3. The molecule has 8 heteroatoms. The number of halogens is 1. The maximum Gasteiger partial charge on any atom is 0.296 e. The van der Waals surface area contributed by atoms with Crippen molar-refractivity contribution >= 4 is 39.9 Å². The van der Waals surface area contributed by atoms with Crippen molar-refractivity contribution in [2.75, 3.05) is 12.4 Å². The third kappa shape index (κ3) is 4.43. The van der Waals surface area contributed by atoms with E-state index in [1.165, 1.54) is 18.3 Å². The Bertz CT molecular complexity index is 1420. The van der Waals surface area contributed by atoms with Crippen molar-refractivity contribution in [3.63, 3.8) is 0 Å². The van der Waals surface area contributed by atoms with Crippen LogP contribution >= 0.6 is 11.6 Å². The lowest BCUT2D eigenvalue weighted by Gasteiger charge is -2.09. The summed E-state index contributed by atoms with van der Waals surface area (Å²) in [5.41, 5.74) is 3.21. The Labute approximate surface area is 195 Å². The molecule has 33 heavy (non-hydrogen) atoms. The molecule has 4 rings (SSSR count). The average Bonchev–Trinajstić information content (AvgIpc) is 3.10. The van der Waals surface area contributed by atoms with Gasteiger partial charge in [-0.05, 0) is 55.0 Å². The van der Waals surface area contributed by atoms with Crippen LogP contribution in [0.3, 0.4) is 0 Å². The van der Waals surface area contributed by atoms with E-state index in [1.807, 2.05) is 54.0 Å². The van der Waals surface area contributed by atoms with E-state index in [1.54, 1.807) is 13.2 Å². The number of ether oxygens (including phenoxy) is 1. The van der Waals surface area contributed by atoms with Gasteiger partial charge < -0.3 is 14.6 Å². The van der Waals surface area contributed by atoms with E-state index in [-0.39, 0.29) is 5.69 Å². The first-order chi connectivity index (χ1) is 15.9. The number of aromatic nitrogens is 2. The molecule has 4 aromatic rings. The van der Waals surface area contributed by atoms with Gasteiger partial charge in [-0.1, -0.05) is 23.7 Å². The number of anilines is 1.